The quantitative estimate of drug-likeness (QED) is 0.350. The number of nitrogens with two attached hydrogens (primary N) is 3. The fraction of sp³-hybridized carbons (Fsp3) is 0.333. The van der Waals surface area contributed by atoms with Crippen LogP contribution in [0.4, 0.5) is 22.7 Å². The first-order chi connectivity index (χ1) is 6.65. The van der Waals surface area contributed by atoms with E-state index in [-0.39, 0.29) is 31.1 Å². The first kappa shape index (κ1) is 12.3. The smallest absolute Gasteiger partial charge is 0.0744 e. The molecule has 1 saturated heterocycles. The number of rotatable bonds is 2. The van der Waals surface area contributed by atoms with Crippen molar-refractivity contribution in [1.29, 1.82) is 0 Å². The Morgan fingerprint density at radius 3 is 2.27 bits per heavy atom. The molecule has 1 aromatic carbocycles. The minimum atomic E-state index is 0. The van der Waals surface area contributed by atoms with Gasteiger partial charge in [0, 0.05) is 50.0 Å². The Kier molecular flexibility index (Phi) is 3.63. The molecular formula is C9H13N4OU-. The third kappa shape index (κ3) is 2.11. The number of methoxy groups -OCH3 is 1. The fourth-order valence-corrected chi connectivity index (χ4v) is 1.42. The SMILES string of the molecule is COc1[c-]c(N)c(N2CC2)c(N)c1N.[U]. The van der Waals surface area contributed by atoms with Gasteiger partial charge in [-0.15, -0.1) is 6.07 Å². The Balaban J connectivity index is 0.00000112. The standard InChI is InChI=1S/C9H13N4O.U/c1-14-6-4-5(10)9(13-2-3-13)8(12)7(6)11;/h2-3,10-12H2,1H3;/q-1;. The van der Waals surface area contributed by atoms with Crippen molar-refractivity contribution in [2.45, 2.75) is 0 Å². The average Bonchev–Trinajstić information content (AvgIpc) is 2.95. The summed E-state index contributed by atoms with van der Waals surface area (Å²) in [5, 5.41) is 0. The summed E-state index contributed by atoms with van der Waals surface area (Å²) in [5.74, 6) is 0.408. The van der Waals surface area contributed by atoms with Gasteiger partial charge in [-0.1, -0.05) is 5.69 Å². The molecule has 0 radical (unpaired) electrons. The van der Waals surface area contributed by atoms with Crippen LogP contribution in [-0.4, -0.2) is 20.2 Å². The maximum atomic E-state index is 5.85. The molecule has 1 heterocycles. The van der Waals surface area contributed by atoms with Gasteiger partial charge in [0.2, 0.25) is 0 Å². The van der Waals surface area contributed by atoms with Gasteiger partial charge in [0.1, 0.15) is 0 Å². The molecular weight excluding hydrogens is 418 g/mol. The van der Waals surface area contributed by atoms with E-state index in [1.807, 2.05) is 4.90 Å². The number of ether oxygens (including phenoxy) is 1. The van der Waals surface area contributed by atoms with Crippen LogP contribution in [0.5, 0.6) is 5.75 Å². The molecule has 6 N–H and O–H groups in total. The third-order valence-corrected chi connectivity index (χ3v) is 2.26. The first-order valence-corrected chi connectivity index (χ1v) is 4.33. The van der Waals surface area contributed by atoms with Gasteiger partial charge in [-0.3, -0.25) is 0 Å². The van der Waals surface area contributed by atoms with Crippen LogP contribution in [0.3, 0.4) is 0 Å². The van der Waals surface area contributed by atoms with E-state index in [2.05, 4.69) is 6.07 Å². The van der Waals surface area contributed by atoms with Crippen LogP contribution in [0, 0.1) is 37.2 Å². The van der Waals surface area contributed by atoms with E-state index < -0.39 is 0 Å². The Morgan fingerprint density at radius 1 is 1.20 bits per heavy atom. The normalized spacial score (nSPS) is 13.3. The summed E-state index contributed by atoms with van der Waals surface area (Å²) in [6.45, 7) is 1.93. The fourth-order valence-electron chi connectivity index (χ4n) is 1.42. The summed E-state index contributed by atoms with van der Waals surface area (Å²) in [5.41, 5.74) is 19.6. The molecule has 2 rings (SSSR count). The predicted molar refractivity (Wildman–Crippen MR) is 57.3 cm³/mol. The van der Waals surface area contributed by atoms with E-state index in [4.69, 9.17) is 21.9 Å². The van der Waals surface area contributed by atoms with Crippen LogP contribution in [0.2, 0.25) is 0 Å². The molecule has 0 unspecified atom stereocenters. The monoisotopic (exact) mass is 431 g/mol. The van der Waals surface area contributed by atoms with Crippen LogP contribution in [0.15, 0.2) is 0 Å². The topological polar surface area (TPSA) is 90.3 Å². The summed E-state index contributed by atoms with van der Waals surface area (Å²) in [6.07, 6.45) is 0. The van der Waals surface area contributed by atoms with E-state index >= 15 is 0 Å². The van der Waals surface area contributed by atoms with E-state index in [9.17, 15) is 0 Å². The Morgan fingerprint density at radius 2 is 1.80 bits per heavy atom. The summed E-state index contributed by atoms with van der Waals surface area (Å²) in [7, 11) is 1.51. The van der Waals surface area contributed by atoms with Crippen molar-refractivity contribution >= 4 is 22.7 Å². The van der Waals surface area contributed by atoms with Gasteiger partial charge in [-0.05, 0) is 17.1 Å². The summed E-state index contributed by atoms with van der Waals surface area (Å²) in [4.78, 5) is 2.04. The zero-order chi connectivity index (χ0) is 10.3. The molecule has 80 valence electrons. The Bertz CT molecular complexity index is 379. The molecule has 0 atom stereocenters. The van der Waals surface area contributed by atoms with Gasteiger partial charge in [0.05, 0.1) is 7.11 Å². The zero-order valence-electron chi connectivity index (χ0n) is 8.50. The number of hydrogen-bond acceptors (Lipinski definition) is 5. The van der Waals surface area contributed by atoms with Gasteiger partial charge in [0.15, 0.2) is 0 Å². The van der Waals surface area contributed by atoms with Crippen molar-refractivity contribution < 1.29 is 35.9 Å². The molecule has 15 heavy (non-hydrogen) atoms. The number of hydrogen-bond donors (Lipinski definition) is 3. The largest absolute Gasteiger partial charge is 0.520 e. The van der Waals surface area contributed by atoms with Gasteiger partial charge in [0.25, 0.3) is 0 Å². The zero-order valence-corrected chi connectivity index (χ0v) is 12.7. The maximum absolute atomic E-state index is 5.85. The van der Waals surface area contributed by atoms with Gasteiger partial charge >= 0.3 is 0 Å². The molecule has 6 heteroatoms. The molecule has 0 saturated carbocycles. The number of anilines is 4. The predicted octanol–water partition coefficient (Wildman–Crippen LogP) is 0.0620. The second kappa shape index (κ2) is 4.42. The van der Waals surface area contributed by atoms with Crippen molar-refractivity contribution in [3.8, 4) is 5.75 Å². The number of nitrogen functional groups attached to an aromatic ring is 3. The van der Waals surface area contributed by atoms with Crippen molar-refractivity contribution in [2.24, 2.45) is 0 Å². The second-order valence-electron chi connectivity index (χ2n) is 3.23. The van der Waals surface area contributed by atoms with Crippen molar-refractivity contribution in [3.05, 3.63) is 6.07 Å². The van der Waals surface area contributed by atoms with Crippen LogP contribution < -0.4 is 26.8 Å². The number of nitrogens with zero attached hydrogens (tertiary/aromatic N) is 1. The van der Waals surface area contributed by atoms with Crippen LogP contribution in [-0.2, 0) is 0 Å². The van der Waals surface area contributed by atoms with Crippen molar-refractivity contribution in [3.63, 3.8) is 0 Å². The van der Waals surface area contributed by atoms with Crippen LogP contribution >= 0.6 is 0 Å². The first-order valence-electron chi connectivity index (χ1n) is 4.33. The molecule has 1 aromatic rings. The molecule has 0 bridgehead atoms. The van der Waals surface area contributed by atoms with Gasteiger partial charge in [-0.2, -0.15) is 0 Å². The molecule has 0 amide bonds. The van der Waals surface area contributed by atoms with Gasteiger partial charge < -0.3 is 26.8 Å². The summed E-state index contributed by atoms with van der Waals surface area (Å²) >= 11 is 0. The van der Waals surface area contributed by atoms with E-state index in [1.54, 1.807) is 0 Å². The van der Waals surface area contributed by atoms with E-state index in [0.717, 1.165) is 18.8 Å². The van der Waals surface area contributed by atoms with Crippen LogP contribution in [0.25, 0.3) is 0 Å². The van der Waals surface area contributed by atoms with E-state index in [1.165, 1.54) is 7.11 Å². The molecule has 1 aliphatic rings. The minimum absolute atomic E-state index is 0. The van der Waals surface area contributed by atoms with E-state index in [0.29, 0.717) is 22.8 Å². The van der Waals surface area contributed by atoms with Crippen LogP contribution in [0.1, 0.15) is 0 Å². The Hall–Kier alpha value is -0.728. The average molecular weight is 431 g/mol. The summed E-state index contributed by atoms with van der Waals surface area (Å²) in [6, 6.07) is 2.86. The minimum Gasteiger partial charge on any atom is -0.520 e. The molecule has 5 nitrogen and oxygen atoms in total. The number of benzene rings is 1. The maximum Gasteiger partial charge on any atom is 0.0744 e. The second-order valence-corrected chi connectivity index (χ2v) is 3.23. The van der Waals surface area contributed by atoms with Crippen molar-refractivity contribution in [2.75, 3.05) is 42.3 Å². The van der Waals surface area contributed by atoms with Gasteiger partial charge in [-0.25, -0.2) is 0 Å². The third-order valence-electron chi connectivity index (χ3n) is 2.26. The molecule has 0 aliphatic carbocycles. The molecule has 0 aromatic heterocycles. The molecule has 1 fully saturated rings. The molecule has 0 spiro atoms. The van der Waals surface area contributed by atoms with Crippen molar-refractivity contribution in [1.82, 2.24) is 0 Å². The summed E-state index contributed by atoms with van der Waals surface area (Å²) < 4.78 is 5.00. The molecule has 1 aliphatic heterocycles. The Labute approximate surface area is 112 Å².